The Bertz CT molecular complexity index is 1230. The summed E-state index contributed by atoms with van der Waals surface area (Å²) < 4.78 is 3.42. The molecule has 3 aliphatic heterocycles. The number of aromatic nitrogens is 4. The lowest BCUT2D eigenvalue weighted by Crippen LogP contribution is -2.19. The molecule has 0 saturated carbocycles. The molecule has 0 bridgehead atoms. The SMILES string of the molecule is CC(N)=C(C#N)C(=O)CSc1nc2nn(-c3ccccc3)c(=O)c-2c2n1CCCCC2. The first-order chi connectivity index (χ1) is 15.0. The monoisotopic (exact) mass is 434 g/mol. The summed E-state index contributed by atoms with van der Waals surface area (Å²) in [5, 5.41) is 14.3. The average Bonchev–Trinajstić information content (AvgIpc) is 2.93. The van der Waals surface area contributed by atoms with E-state index in [1.54, 1.807) is 0 Å². The molecule has 0 fully saturated rings. The minimum atomic E-state index is -0.336. The number of hydrogen-bond acceptors (Lipinski definition) is 7. The number of thioether (sulfide) groups is 1. The van der Waals surface area contributed by atoms with Crippen LogP contribution in [0.1, 0.15) is 31.9 Å². The molecule has 9 heteroatoms. The molecule has 0 aromatic heterocycles. The summed E-state index contributed by atoms with van der Waals surface area (Å²) in [6, 6.07) is 11.1. The molecule has 1 aromatic carbocycles. The van der Waals surface area contributed by atoms with Crippen molar-refractivity contribution < 1.29 is 4.79 Å². The topological polar surface area (TPSA) is 120 Å². The Balaban J connectivity index is 1.80. The standard InChI is InChI=1S/C22H22N6O2S/c1-14(24)16(12-23)18(29)13-31-22-25-20-19(17-10-6-3-7-11-27(17)22)21(30)28(26-20)15-8-4-2-5-9-15/h2,4-5,8-9H,3,6-7,10-11,13,24H2,1H3. The first-order valence-electron chi connectivity index (χ1n) is 10.1. The summed E-state index contributed by atoms with van der Waals surface area (Å²) in [6.45, 7) is 2.26. The Morgan fingerprint density at radius 1 is 1.26 bits per heavy atom. The van der Waals surface area contributed by atoms with Gasteiger partial charge < -0.3 is 10.3 Å². The van der Waals surface area contributed by atoms with Gasteiger partial charge in [0.25, 0.3) is 5.56 Å². The molecule has 0 radical (unpaired) electrons. The Hall–Kier alpha value is -3.38. The van der Waals surface area contributed by atoms with E-state index in [2.05, 4.69) is 10.1 Å². The molecule has 0 aliphatic carbocycles. The van der Waals surface area contributed by atoms with E-state index in [1.807, 2.05) is 41.0 Å². The molecule has 3 aliphatic rings. The fourth-order valence-electron chi connectivity index (χ4n) is 3.78. The third-order valence-corrected chi connectivity index (χ3v) is 6.26. The molecule has 0 amide bonds. The molecule has 8 nitrogen and oxygen atoms in total. The van der Waals surface area contributed by atoms with Gasteiger partial charge in [0.2, 0.25) is 0 Å². The minimum absolute atomic E-state index is 0.0279. The molecule has 0 spiro atoms. The highest BCUT2D eigenvalue weighted by molar-refractivity contribution is 7.99. The van der Waals surface area contributed by atoms with Crippen LogP contribution in [0.3, 0.4) is 0 Å². The van der Waals surface area contributed by atoms with Gasteiger partial charge in [-0.1, -0.05) is 36.4 Å². The predicted molar refractivity (Wildman–Crippen MR) is 118 cm³/mol. The van der Waals surface area contributed by atoms with Crippen LogP contribution in [0, 0.1) is 11.3 Å². The fourth-order valence-corrected chi connectivity index (χ4v) is 4.69. The van der Waals surface area contributed by atoms with Gasteiger partial charge in [0.05, 0.1) is 11.4 Å². The van der Waals surface area contributed by atoms with Gasteiger partial charge in [-0.2, -0.15) is 9.94 Å². The number of rotatable bonds is 5. The van der Waals surface area contributed by atoms with Crippen LogP contribution in [-0.2, 0) is 17.8 Å². The number of nitrogens with zero attached hydrogens (tertiary/aromatic N) is 5. The number of benzene rings is 1. The Morgan fingerprint density at radius 3 is 2.74 bits per heavy atom. The molecule has 31 heavy (non-hydrogen) atoms. The molecule has 3 heterocycles. The van der Waals surface area contributed by atoms with Gasteiger partial charge in [-0.15, -0.1) is 5.10 Å². The fraction of sp³-hybridized carbons (Fsp3) is 0.318. The lowest BCUT2D eigenvalue weighted by Gasteiger charge is -2.17. The van der Waals surface area contributed by atoms with E-state index < -0.39 is 0 Å². The number of carbonyl (C=O) groups excluding carboxylic acids is 1. The average molecular weight is 435 g/mol. The Morgan fingerprint density at radius 2 is 2.03 bits per heavy atom. The van der Waals surface area contributed by atoms with Crippen molar-refractivity contribution >= 4 is 17.5 Å². The van der Waals surface area contributed by atoms with Gasteiger partial charge in [0, 0.05) is 17.9 Å². The summed E-state index contributed by atoms with van der Waals surface area (Å²) in [7, 11) is 0. The second kappa shape index (κ2) is 8.78. The van der Waals surface area contributed by atoms with Crippen LogP contribution >= 0.6 is 11.8 Å². The summed E-state index contributed by atoms with van der Waals surface area (Å²) in [5.41, 5.74) is 7.79. The maximum atomic E-state index is 13.2. The van der Waals surface area contributed by atoms with Crippen molar-refractivity contribution in [1.82, 2.24) is 19.3 Å². The lowest BCUT2D eigenvalue weighted by atomic mass is 10.1. The molecule has 4 rings (SSSR count). The van der Waals surface area contributed by atoms with E-state index in [4.69, 9.17) is 5.73 Å². The second-order valence-electron chi connectivity index (χ2n) is 7.44. The second-order valence-corrected chi connectivity index (χ2v) is 8.38. The van der Waals surface area contributed by atoms with Crippen LogP contribution in [0.2, 0.25) is 0 Å². The van der Waals surface area contributed by atoms with Crippen molar-refractivity contribution in [2.45, 2.75) is 44.3 Å². The van der Waals surface area contributed by atoms with Crippen LogP contribution < -0.4 is 11.3 Å². The van der Waals surface area contributed by atoms with Crippen molar-refractivity contribution in [3.8, 4) is 23.1 Å². The van der Waals surface area contributed by atoms with Gasteiger partial charge in [-0.25, -0.2) is 4.98 Å². The molecular weight excluding hydrogens is 412 g/mol. The van der Waals surface area contributed by atoms with Crippen LogP contribution in [0.4, 0.5) is 0 Å². The summed E-state index contributed by atoms with van der Waals surface area (Å²) in [4.78, 5) is 30.3. The molecular formula is C22H22N6O2S. The molecule has 0 saturated heterocycles. The predicted octanol–water partition coefficient (Wildman–Crippen LogP) is 2.68. The Kier molecular flexibility index (Phi) is 5.91. The Labute approximate surface area is 183 Å². The maximum Gasteiger partial charge on any atom is 0.284 e. The van der Waals surface area contributed by atoms with E-state index in [-0.39, 0.29) is 28.4 Å². The number of nitriles is 1. The number of para-hydroxylation sites is 1. The molecule has 0 unspecified atom stereocenters. The minimum Gasteiger partial charge on any atom is -0.401 e. The van der Waals surface area contributed by atoms with Crippen molar-refractivity contribution in [3.63, 3.8) is 0 Å². The quantitative estimate of drug-likeness (QED) is 0.284. The van der Waals surface area contributed by atoms with E-state index >= 15 is 0 Å². The van der Waals surface area contributed by atoms with Crippen molar-refractivity contribution in [2.24, 2.45) is 5.73 Å². The first kappa shape index (κ1) is 20.9. The first-order valence-corrected chi connectivity index (χ1v) is 11.1. The third kappa shape index (κ3) is 3.99. The number of allylic oxidation sites excluding steroid dienone is 2. The van der Waals surface area contributed by atoms with Gasteiger partial charge in [0.1, 0.15) is 17.2 Å². The largest absolute Gasteiger partial charge is 0.401 e. The van der Waals surface area contributed by atoms with Gasteiger partial charge in [0.15, 0.2) is 16.8 Å². The molecule has 0 atom stereocenters. The molecule has 158 valence electrons. The van der Waals surface area contributed by atoms with Crippen LogP contribution in [0.15, 0.2) is 51.6 Å². The van der Waals surface area contributed by atoms with Crippen LogP contribution in [-0.4, -0.2) is 30.9 Å². The van der Waals surface area contributed by atoms with Gasteiger partial charge >= 0.3 is 0 Å². The number of Topliss-reactive ketones (excluding diaryl/α,β-unsaturated/α-hetero) is 1. The van der Waals surface area contributed by atoms with E-state index in [0.717, 1.165) is 37.9 Å². The van der Waals surface area contributed by atoms with Gasteiger partial charge in [-0.3, -0.25) is 9.59 Å². The number of nitrogens with two attached hydrogens (primary N) is 1. The molecule has 1 aromatic rings. The zero-order valence-corrected chi connectivity index (χ0v) is 18.0. The zero-order valence-electron chi connectivity index (χ0n) is 17.2. The van der Waals surface area contributed by atoms with Crippen LogP contribution in [0.5, 0.6) is 0 Å². The number of carbonyl (C=O) groups is 1. The number of fused-ring (bicyclic) bond motifs is 3. The van der Waals surface area contributed by atoms with Gasteiger partial charge in [-0.05, 0) is 38.3 Å². The molecule has 2 N–H and O–H groups in total. The van der Waals surface area contributed by atoms with Crippen molar-refractivity contribution in [3.05, 3.63) is 57.6 Å². The highest BCUT2D eigenvalue weighted by Crippen LogP contribution is 2.30. The highest BCUT2D eigenvalue weighted by Gasteiger charge is 2.27. The number of ketones is 1. The van der Waals surface area contributed by atoms with Crippen molar-refractivity contribution in [2.75, 3.05) is 5.75 Å². The lowest BCUT2D eigenvalue weighted by molar-refractivity contribution is -0.112. The smallest absolute Gasteiger partial charge is 0.284 e. The van der Waals surface area contributed by atoms with E-state index in [0.29, 0.717) is 22.2 Å². The van der Waals surface area contributed by atoms with Crippen LogP contribution in [0.25, 0.3) is 17.1 Å². The summed E-state index contributed by atoms with van der Waals surface area (Å²) in [5.74, 6) is 0.0821. The highest BCUT2D eigenvalue weighted by atomic mass is 32.2. The van der Waals surface area contributed by atoms with E-state index in [1.165, 1.54) is 23.4 Å². The summed E-state index contributed by atoms with van der Waals surface area (Å²) >= 11 is 1.25. The van der Waals surface area contributed by atoms with Crippen molar-refractivity contribution in [1.29, 1.82) is 5.26 Å². The van der Waals surface area contributed by atoms with E-state index in [9.17, 15) is 14.9 Å². The zero-order chi connectivity index (χ0) is 22.0. The summed E-state index contributed by atoms with van der Waals surface area (Å²) in [6.07, 6.45) is 3.76. The third-order valence-electron chi connectivity index (χ3n) is 5.28. The normalized spacial score (nSPS) is 14.5. The number of hydrogen-bond donors (Lipinski definition) is 1. The maximum absolute atomic E-state index is 13.2.